The van der Waals surface area contributed by atoms with Crippen LogP contribution in [0, 0.1) is 17.2 Å². The summed E-state index contributed by atoms with van der Waals surface area (Å²) in [5.74, 6) is 0.304. The van der Waals surface area contributed by atoms with Crippen LogP contribution >= 0.6 is 0 Å². The zero-order valence-electron chi connectivity index (χ0n) is 6.99. The number of phenols is 1. The Bertz CT molecular complexity index is 284. The van der Waals surface area contributed by atoms with E-state index >= 15 is 0 Å². The smallest absolute Gasteiger partial charge is 0.115 e. The molecular formula is C10H11NO. The summed E-state index contributed by atoms with van der Waals surface area (Å²) in [4.78, 5) is 0. The van der Waals surface area contributed by atoms with E-state index in [4.69, 9.17) is 10.4 Å². The Kier molecular flexibility index (Phi) is 2.71. The lowest BCUT2D eigenvalue weighted by molar-refractivity contribution is 0.475. The molecule has 0 aliphatic carbocycles. The number of phenolic OH excluding ortho intramolecular Hbond substituents is 1. The first kappa shape index (κ1) is 8.61. The fourth-order valence-corrected chi connectivity index (χ4v) is 1.03. The highest BCUT2D eigenvalue weighted by atomic mass is 16.3. The van der Waals surface area contributed by atoms with Crippen molar-refractivity contribution in [2.75, 3.05) is 0 Å². The lowest BCUT2D eigenvalue weighted by Gasteiger charge is -2.01. The molecule has 0 spiro atoms. The largest absolute Gasteiger partial charge is 0.508 e. The Morgan fingerprint density at radius 2 is 2.00 bits per heavy atom. The van der Waals surface area contributed by atoms with Gasteiger partial charge in [0, 0.05) is 5.92 Å². The molecule has 12 heavy (non-hydrogen) atoms. The summed E-state index contributed by atoms with van der Waals surface area (Å²) >= 11 is 0. The molecule has 62 valence electrons. The van der Waals surface area contributed by atoms with Gasteiger partial charge in [0.2, 0.25) is 0 Å². The van der Waals surface area contributed by atoms with Crippen LogP contribution in [0.15, 0.2) is 24.3 Å². The van der Waals surface area contributed by atoms with Crippen LogP contribution in [-0.2, 0) is 6.42 Å². The maximum atomic E-state index is 8.98. The van der Waals surface area contributed by atoms with Crippen LogP contribution in [0.1, 0.15) is 12.5 Å². The zero-order chi connectivity index (χ0) is 8.97. The van der Waals surface area contributed by atoms with Gasteiger partial charge in [-0.25, -0.2) is 0 Å². The van der Waals surface area contributed by atoms with Crippen molar-refractivity contribution in [3.63, 3.8) is 0 Å². The van der Waals surface area contributed by atoms with E-state index in [0.29, 0.717) is 0 Å². The Hall–Kier alpha value is -1.49. The third-order valence-corrected chi connectivity index (χ3v) is 1.70. The zero-order valence-corrected chi connectivity index (χ0v) is 6.99. The van der Waals surface area contributed by atoms with Gasteiger partial charge in [0.1, 0.15) is 5.75 Å². The summed E-state index contributed by atoms with van der Waals surface area (Å²) in [5, 5.41) is 17.5. The Labute approximate surface area is 72.1 Å². The first-order valence-corrected chi connectivity index (χ1v) is 3.90. The van der Waals surface area contributed by atoms with Crippen molar-refractivity contribution in [1.29, 1.82) is 5.26 Å². The summed E-state index contributed by atoms with van der Waals surface area (Å²) in [6.45, 7) is 1.88. The highest BCUT2D eigenvalue weighted by molar-refractivity contribution is 5.26. The molecular weight excluding hydrogens is 150 g/mol. The van der Waals surface area contributed by atoms with Gasteiger partial charge in [-0.2, -0.15) is 5.26 Å². The third kappa shape index (κ3) is 2.28. The molecule has 2 heteroatoms. The topological polar surface area (TPSA) is 44.0 Å². The van der Waals surface area contributed by atoms with Crippen molar-refractivity contribution in [1.82, 2.24) is 0 Å². The SMILES string of the molecule is C[C@@H](C#N)Cc1ccc(O)cc1. The predicted molar refractivity (Wildman–Crippen MR) is 46.6 cm³/mol. The van der Waals surface area contributed by atoms with Crippen molar-refractivity contribution in [3.8, 4) is 11.8 Å². The number of rotatable bonds is 2. The van der Waals surface area contributed by atoms with Gasteiger partial charge in [0.25, 0.3) is 0 Å². The molecule has 0 fully saturated rings. The maximum absolute atomic E-state index is 8.98. The Morgan fingerprint density at radius 1 is 1.42 bits per heavy atom. The second-order valence-electron chi connectivity index (χ2n) is 2.90. The van der Waals surface area contributed by atoms with Crippen LogP contribution in [0.2, 0.25) is 0 Å². The molecule has 1 atom stereocenters. The maximum Gasteiger partial charge on any atom is 0.115 e. The Balaban J connectivity index is 2.66. The summed E-state index contributed by atoms with van der Waals surface area (Å²) in [7, 11) is 0. The van der Waals surface area contributed by atoms with Gasteiger partial charge in [-0.3, -0.25) is 0 Å². The first-order chi connectivity index (χ1) is 5.72. The monoisotopic (exact) mass is 161 g/mol. The molecule has 0 unspecified atom stereocenters. The van der Waals surface area contributed by atoms with Crippen LogP contribution < -0.4 is 0 Å². The number of aromatic hydroxyl groups is 1. The molecule has 1 rings (SSSR count). The quantitative estimate of drug-likeness (QED) is 0.721. The second kappa shape index (κ2) is 3.77. The van der Waals surface area contributed by atoms with Crippen molar-refractivity contribution >= 4 is 0 Å². The molecule has 0 radical (unpaired) electrons. The van der Waals surface area contributed by atoms with E-state index in [-0.39, 0.29) is 11.7 Å². The molecule has 0 saturated heterocycles. The fourth-order valence-electron chi connectivity index (χ4n) is 1.03. The lowest BCUT2D eigenvalue weighted by Crippen LogP contribution is -1.95. The van der Waals surface area contributed by atoms with Crippen LogP contribution in [0.5, 0.6) is 5.75 Å². The van der Waals surface area contributed by atoms with Gasteiger partial charge >= 0.3 is 0 Å². The average molecular weight is 161 g/mol. The number of nitrogens with zero attached hydrogens (tertiary/aromatic N) is 1. The second-order valence-corrected chi connectivity index (χ2v) is 2.90. The molecule has 0 aromatic heterocycles. The van der Waals surface area contributed by atoms with Gasteiger partial charge in [-0.15, -0.1) is 0 Å². The van der Waals surface area contributed by atoms with Gasteiger partial charge in [-0.05, 0) is 31.0 Å². The summed E-state index contributed by atoms with van der Waals surface area (Å²) in [6.07, 6.45) is 0.747. The van der Waals surface area contributed by atoms with Crippen LogP contribution in [0.25, 0.3) is 0 Å². The summed E-state index contributed by atoms with van der Waals surface area (Å²) in [6, 6.07) is 9.12. The van der Waals surface area contributed by atoms with E-state index in [1.54, 1.807) is 12.1 Å². The number of hydrogen-bond donors (Lipinski definition) is 1. The number of nitriles is 1. The summed E-state index contributed by atoms with van der Waals surface area (Å²) < 4.78 is 0. The van der Waals surface area contributed by atoms with Crippen LogP contribution in [0.3, 0.4) is 0 Å². The molecule has 0 aliphatic heterocycles. The molecule has 0 bridgehead atoms. The molecule has 0 aliphatic rings. The van der Waals surface area contributed by atoms with Gasteiger partial charge in [0.05, 0.1) is 6.07 Å². The van der Waals surface area contributed by atoms with E-state index in [2.05, 4.69) is 6.07 Å². The molecule has 1 aromatic rings. The van der Waals surface area contributed by atoms with E-state index in [1.807, 2.05) is 19.1 Å². The number of benzene rings is 1. The van der Waals surface area contributed by atoms with Crippen LogP contribution in [0.4, 0.5) is 0 Å². The minimum Gasteiger partial charge on any atom is -0.508 e. The first-order valence-electron chi connectivity index (χ1n) is 3.90. The predicted octanol–water partition coefficient (Wildman–Crippen LogP) is 2.09. The fraction of sp³-hybridized carbons (Fsp3) is 0.300. The van der Waals surface area contributed by atoms with Crippen molar-refractivity contribution in [2.45, 2.75) is 13.3 Å². The highest BCUT2D eigenvalue weighted by Gasteiger charge is 2.00. The summed E-state index contributed by atoms with van der Waals surface area (Å²) in [5.41, 5.74) is 1.09. The van der Waals surface area contributed by atoms with Gasteiger partial charge in [0.15, 0.2) is 0 Å². The lowest BCUT2D eigenvalue weighted by atomic mass is 10.0. The molecule has 1 N–H and O–H groups in total. The number of hydrogen-bond acceptors (Lipinski definition) is 2. The van der Waals surface area contributed by atoms with E-state index in [1.165, 1.54) is 0 Å². The van der Waals surface area contributed by atoms with E-state index in [0.717, 1.165) is 12.0 Å². The highest BCUT2D eigenvalue weighted by Crippen LogP contribution is 2.12. The molecule has 0 saturated carbocycles. The normalized spacial score (nSPS) is 12.0. The average Bonchev–Trinajstić information content (AvgIpc) is 2.09. The third-order valence-electron chi connectivity index (χ3n) is 1.70. The van der Waals surface area contributed by atoms with Crippen molar-refractivity contribution < 1.29 is 5.11 Å². The van der Waals surface area contributed by atoms with Crippen molar-refractivity contribution in [2.24, 2.45) is 5.92 Å². The van der Waals surface area contributed by atoms with E-state index < -0.39 is 0 Å². The molecule has 1 aromatic carbocycles. The van der Waals surface area contributed by atoms with E-state index in [9.17, 15) is 0 Å². The molecule has 0 amide bonds. The van der Waals surface area contributed by atoms with Crippen LogP contribution in [-0.4, -0.2) is 5.11 Å². The molecule has 2 nitrogen and oxygen atoms in total. The van der Waals surface area contributed by atoms with Gasteiger partial charge in [-0.1, -0.05) is 12.1 Å². The standard InChI is InChI=1S/C10H11NO/c1-8(7-11)6-9-2-4-10(12)5-3-9/h2-5,8,12H,6H2,1H3/t8-/m1/s1. The minimum atomic E-state index is 0.0366. The minimum absolute atomic E-state index is 0.0366. The molecule has 0 heterocycles. The van der Waals surface area contributed by atoms with Gasteiger partial charge < -0.3 is 5.11 Å². The van der Waals surface area contributed by atoms with Crippen molar-refractivity contribution in [3.05, 3.63) is 29.8 Å². The Morgan fingerprint density at radius 3 is 2.50 bits per heavy atom.